The predicted molar refractivity (Wildman–Crippen MR) is 110 cm³/mol. The number of benzene rings is 2. The van der Waals surface area contributed by atoms with Crippen LogP contribution in [-0.2, 0) is 4.74 Å². The van der Waals surface area contributed by atoms with Crippen LogP contribution < -0.4 is 5.32 Å². The first-order valence-electron chi connectivity index (χ1n) is 9.39. The minimum Gasteiger partial charge on any atom is -0.385 e. The molecule has 6 nitrogen and oxygen atoms in total. The van der Waals surface area contributed by atoms with Crippen molar-refractivity contribution < 1.29 is 9.53 Å². The number of hydrogen-bond acceptors (Lipinski definition) is 4. The van der Waals surface area contributed by atoms with Crippen LogP contribution in [0.15, 0.2) is 42.5 Å². The fraction of sp³-hybridized carbons (Fsp3) is 0.318. The first kappa shape index (κ1) is 19.8. The summed E-state index contributed by atoms with van der Waals surface area (Å²) >= 11 is 0. The minimum absolute atomic E-state index is 0.162. The maximum Gasteiger partial charge on any atom is 0.290 e. The molecule has 0 bridgehead atoms. The molecule has 0 aliphatic heterocycles. The van der Waals surface area contributed by atoms with Gasteiger partial charge in [0.15, 0.2) is 5.82 Å². The molecule has 0 spiro atoms. The molecule has 2 aromatic carbocycles. The molecule has 28 heavy (non-hydrogen) atoms. The molecule has 0 saturated heterocycles. The zero-order valence-electron chi connectivity index (χ0n) is 16.8. The van der Waals surface area contributed by atoms with E-state index in [1.54, 1.807) is 11.8 Å². The van der Waals surface area contributed by atoms with E-state index in [0.717, 1.165) is 34.4 Å². The molecule has 1 N–H and O–H groups in total. The van der Waals surface area contributed by atoms with E-state index in [1.165, 1.54) is 0 Å². The summed E-state index contributed by atoms with van der Waals surface area (Å²) < 4.78 is 6.78. The Morgan fingerprint density at radius 2 is 1.93 bits per heavy atom. The van der Waals surface area contributed by atoms with E-state index in [1.807, 2.05) is 43.3 Å². The van der Waals surface area contributed by atoms with E-state index in [2.05, 4.69) is 35.3 Å². The largest absolute Gasteiger partial charge is 0.385 e. The van der Waals surface area contributed by atoms with Crippen LogP contribution in [0.3, 0.4) is 0 Å². The van der Waals surface area contributed by atoms with Crippen LogP contribution in [-0.4, -0.2) is 40.9 Å². The maximum atomic E-state index is 12.6. The Kier molecular flexibility index (Phi) is 6.21. The van der Waals surface area contributed by atoms with Crippen molar-refractivity contribution in [2.24, 2.45) is 0 Å². The van der Waals surface area contributed by atoms with Crippen LogP contribution in [0, 0.1) is 20.8 Å². The molecule has 0 fully saturated rings. The molecule has 0 atom stereocenters. The van der Waals surface area contributed by atoms with Crippen molar-refractivity contribution in [2.75, 3.05) is 20.3 Å². The van der Waals surface area contributed by atoms with Gasteiger partial charge >= 0.3 is 0 Å². The molecule has 3 rings (SSSR count). The third kappa shape index (κ3) is 4.28. The van der Waals surface area contributed by atoms with E-state index in [0.29, 0.717) is 19.0 Å². The second kappa shape index (κ2) is 8.80. The van der Waals surface area contributed by atoms with Crippen LogP contribution in [0.25, 0.3) is 17.1 Å². The molecule has 3 aromatic rings. The zero-order valence-corrected chi connectivity index (χ0v) is 16.8. The van der Waals surface area contributed by atoms with Crippen molar-refractivity contribution in [3.8, 4) is 17.1 Å². The van der Waals surface area contributed by atoms with Gasteiger partial charge in [-0.25, -0.2) is 9.67 Å². The highest BCUT2D eigenvalue weighted by atomic mass is 16.5. The lowest BCUT2D eigenvalue weighted by atomic mass is 10.1. The fourth-order valence-electron chi connectivity index (χ4n) is 3.01. The topological polar surface area (TPSA) is 69.0 Å². The minimum atomic E-state index is -0.283. The second-order valence-corrected chi connectivity index (χ2v) is 6.86. The number of hydrogen-bond donors (Lipinski definition) is 1. The molecular weight excluding hydrogens is 352 g/mol. The molecule has 146 valence electrons. The van der Waals surface area contributed by atoms with Crippen LogP contribution in [0.5, 0.6) is 0 Å². The summed E-state index contributed by atoms with van der Waals surface area (Å²) in [5.74, 6) is 0.531. The average molecular weight is 378 g/mol. The molecule has 0 radical (unpaired) electrons. The van der Waals surface area contributed by atoms with Gasteiger partial charge in [-0.1, -0.05) is 35.9 Å². The van der Waals surface area contributed by atoms with Gasteiger partial charge in [-0.3, -0.25) is 4.79 Å². The second-order valence-electron chi connectivity index (χ2n) is 6.86. The van der Waals surface area contributed by atoms with Gasteiger partial charge in [-0.05, 0) is 50.5 Å². The Balaban J connectivity index is 2.03. The standard InChI is InChI=1S/C22H26N4O2/c1-15-8-5-10-18(14-15)21-24-20(22(27)23-12-7-13-28-4)25-26(21)19-11-6-9-16(2)17(19)3/h5-6,8-11,14H,7,12-13H2,1-4H3,(H,23,27). The molecular formula is C22H26N4O2. The van der Waals surface area contributed by atoms with Gasteiger partial charge in [0.05, 0.1) is 5.69 Å². The molecule has 1 heterocycles. The zero-order chi connectivity index (χ0) is 20.1. The Labute approximate surface area is 165 Å². The Bertz CT molecular complexity index is 978. The summed E-state index contributed by atoms with van der Waals surface area (Å²) in [6, 6.07) is 14.1. The van der Waals surface area contributed by atoms with E-state index in [9.17, 15) is 4.79 Å². The van der Waals surface area contributed by atoms with Gasteiger partial charge in [0, 0.05) is 25.8 Å². The van der Waals surface area contributed by atoms with Crippen molar-refractivity contribution in [3.63, 3.8) is 0 Å². The van der Waals surface area contributed by atoms with Crippen molar-refractivity contribution >= 4 is 5.91 Å². The normalized spacial score (nSPS) is 10.9. The highest BCUT2D eigenvalue weighted by Gasteiger charge is 2.19. The van der Waals surface area contributed by atoms with Crippen molar-refractivity contribution in [1.29, 1.82) is 0 Å². The van der Waals surface area contributed by atoms with E-state index in [-0.39, 0.29) is 11.7 Å². The number of amides is 1. The molecule has 0 saturated carbocycles. The van der Waals surface area contributed by atoms with E-state index in [4.69, 9.17) is 4.74 Å². The smallest absolute Gasteiger partial charge is 0.290 e. The van der Waals surface area contributed by atoms with Gasteiger partial charge in [0.1, 0.15) is 0 Å². The highest BCUT2D eigenvalue weighted by Crippen LogP contribution is 2.25. The number of rotatable bonds is 7. The summed E-state index contributed by atoms with van der Waals surface area (Å²) in [7, 11) is 1.64. The van der Waals surface area contributed by atoms with Crippen LogP contribution in [0.1, 0.15) is 33.7 Å². The SMILES string of the molecule is COCCCNC(=O)c1nc(-c2cccc(C)c2)n(-c2cccc(C)c2C)n1. The summed E-state index contributed by atoms with van der Waals surface area (Å²) in [6.07, 6.45) is 0.741. The molecule has 0 aliphatic carbocycles. The molecule has 1 aromatic heterocycles. The van der Waals surface area contributed by atoms with Gasteiger partial charge in [-0.2, -0.15) is 0 Å². The lowest BCUT2D eigenvalue weighted by molar-refractivity contribution is 0.0938. The van der Waals surface area contributed by atoms with Crippen LogP contribution in [0.2, 0.25) is 0 Å². The Morgan fingerprint density at radius 1 is 1.14 bits per heavy atom. The number of ether oxygens (including phenoxy) is 1. The monoisotopic (exact) mass is 378 g/mol. The summed E-state index contributed by atoms with van der Waals surface area (Å²) in [6.45, 7) is 7.26. The summed E-state index contributed by atoms with van der Waals surface area (Å²) in [4.78, 5) is 17.1. The summed E-state index contributed by atoms with van der Waals surface area (Å²) in [5.41, 5.74) is 5.23. The fourth-order valence-corrected chi connectivity index (χ4v) is 3.01. The Morgan fingerprint density at radius 3 is 2.68 bits per heavy atom. The lowest BCUT2D eigenvalue weighted by Crippen LogP contribution is -2.26. The van der Waals surface area contributed by atoms with Gasteiger partial charge in [0.2, 0.25) is 5.82 Å². The van der Waals surface area contributed by atoms with Gasteiger partial charge in [-0.15, -0.1) is 5.10 Å². The van der Waals surface area contributed by atoms with Crippen LogP contribution >= 0.6 is 0 Å². The Hall–Kier alpha value is -2.99. The van der Waals surface area contributed by atoms with E-state index >= 15 is 0 Å². The number of methoxy groups -OCH3 is 1. The number of aromatic nitrogens is 3. The molecule has 6 heteroatoms. The number of aryl methyl sites for hydroxylation is 2. The summed E-state index contributed by atoms with van der Waals surface area (Å²) in [5, 5.41) is 7.41. The van der Waals surface area contributed by atoms with Gasteiger partial charge in [0.25, 0.3) is 5.91 Å². The number of carbonyl (C=O) groups is 1. The highest BCUT2D eigenvalue weighted by molar-refractivity contribution is 5.91. The predicted octanol–water partition coefficient (Wildman–Crippen LogP) is 3.63. The quantitative estimate of drug-likeness (QED) is 0.638. The van der Waals surface area contributed by atoms with Crippen molar-refractivity contribution in [2.45, 2.75) is 27.2 Å². The van der Waals surface area contributed by atoms with Crippen molar-refractivity contribution in [3.05, 3.63) is 65.0 Å². The first-order chi connectivity index (χ1) is 13.5. The molecule has 1 amide bonds. The first-order valence-corrected chi connectivity index (χ1v) is 9.39. The lowest BCUT2D eigenvalue weighted by Gasteiger charge is -2.11. The third-order valence-corrected chi connectivity index (χ3v) is 4.70. The van der Waals surface area contributed by atoms with Crippen LogP contribution in [0.4, 0.5) is 0 Å². The maximum absolute atomic E-state index is 12.6. The molecule has 0 unspecified atom stereocenters. The average Bonchev–Trinajstić information content (AvgIpc) is 3.12. The van der Waals surface area contributed by atoms with Gasteiger partial charge < -0.3 is 10.1 Å². The van der Waals surface area contributed by atoms with Crippen molar-refractivity contribution in [1.82, 2.24) is 20.1 Å². The number of carbonyl (C=O) groups excluding carboxylic acids is 1. The third-order valence-electron chi connectivity index (χ3n) is 4.70. The number of nitrogens with zero attached hydrogens (tertiary/aromatic N) is 3. The molecule has 0 aliphatic rings. The number of nitrogens with one attached hydrogen (secondary N) is 1. The van der Waals surface area contributed by atoms with E-state index < -0.39 is 0 Å².